The molecule has 2 heterocycles. The van der Waals surface area contributed by atoms with Gasteiger partial charge in [0.25, 0.3) is 0 Å². The van der Waals surface area contributed by atoms with Gasteiger partial charge in [-0.05, 0) is 24.8 Å². The van der Waals surface area contributed by atoms with Crippen molar-refractivity contribution in [1.82, 2.24) is 10.3 Å². The first kappa shape index (κ1) is 16.7. The summed E-state index contributed by atoms with van der Waals surface area (Å²) in [6, 6.07) is 0. The molecule has 120 valence electrons. The average molecular weight is 311 g/mol. The molecule has 0 radical (unpaired) electrons. The van der Waals surface area contributed by atoms with Crippen LogP contribution < -0.4 is 10.2 Å². The number of nitrogens with zero attached hydrogens (tertiary/aromatic N) is 2. The molecule has 0 bridgehead atoms. The van der Waals surface area contributed by atoms with Gasteiger partial charge in [-0.25, -0.2) is 4.98 Å². The number of thiazole rings is 1. The minimum absolute atomic E-state index is 0.534. The first-order valence-electron chi connectivity index (χ1n) is 8.14. The Hall–Kier alpha value is -0.650. The summed E-state index contributed by atoms with van der Waals surface area (Å²) >= 11 is 1.86. The minimum Gasteiger partial charge on any atom is -0.378 e. The van der Waals surface area contributed by atoms with E-state index < -0.39 is 0 Å². The molecule has 0 saturated carbocycles. The van der Waals surface area contributed by atoms with Gasteiger partial charge in [-0.1, -0.05) is 27.7 Å². The van der Waals surface area contributed by atoms with Gasteiger partial charge < -0.3 is 15.0 Å². The molecule has 0 amide bonds. The third kappa shape index (κ3) is 4.66. The van der Waals surface area contributed by atoms with Crippen LogP contribution in [0.2, 0.25) is 0 Å². The summed E-state index contributed by atoms with van der Waals surface area (Å²) in [6.07, 6.45) is 1.14. The van der Waals surface area contributed by atoms with Gasteiger partial charge in [0, 0.05) is 24.5 Å². The van der Waals surface area contributed by atoms with Crippen LogP contribution >= 0.6 is 11.3 Å². The number of ether oxygens (including phenoxy) is 1. The van der Waals surface area contributed by atoms with Crippen molar-refractivity contribution in [2.75, 3.05) is 37.7 Å². The smallest absolute Gasteiger partial charge is 0.185 e. The zero-order valence-electron chi connectivity index (χ0n) is 13.8. The maximum absolute atomic E-state index is 5.44. The third-order valence-electron chi connectivity index (χ3n) is 3.92. The van der Waals surface area contributed by atoms with E-state index in [2.05, 4.69) is 37.9 Å². The predicted octanol–water partition coefficient (Wildman–Crippen LogP) is 3.24. The first-order chi connectivity index (χ1) is 10.1. The maximum atomic E-state index is 5.44. The summed E-state index contributed by atoms with van der Waals surface area (Å²) in [5.41, 5.74) is 1.29. The molecule has 1 aliphatic rings. The number of anilines is 1. The van der Waals surface area contributed by atoms with Gasteiger partial charge >= 0.3 is 0 Å². The van der Waals surface area contributed by atoms with Crippen molar-refractivity contribution in [2.45, 2.75) is 46.6 Å². The van der Waals surface area contributed by atoms with E-state index in [4.69, 9.17) is 9.72 Å². The average Bonchev–Trinajstić information content (AvgIpc) is 2.91. The van der Waals surface area contributed by atoms with Crippen LogP contribution in [0.15, 0.2) is 0 Å². The van der Waals surface area contributed by atoms with Gasteiger partial charge in [0.15, 0.2) is 5.13 Å². The molecule has 1 fully saturated rings. The van der Waals surface area contributed by atoms with Crippen LogP contribution in [-0.4, -0.2) is 37.8 Å². The molecule has 4 nitrogen and oxygen atoms in total. The molecule has 1 aliphatic heterocycles. The van der Waals surface area contributed by atoms with Crippen molar-refractivity contribution < 1.29 is 4.74 Å². The van der Waals surface area contributed by atoms with Gasteiger partial charge in [-0.15, -0.1) is 11.3 Å². The van der Waals surface area contributed by atoms with Crippen molar-refractivity contribution >= 4 is 16.5 Å². The lowest BCUT2D eigenvalue weighted by molar-refractivity contribution is 0.122. The number of aromatic nitrogens is 1. The fourth-order valence-corrected chi connectivity index (χ4v) is 3.62. The van der Waals surface area contributed by atoms with E-state index in [9.17, 15) is 0 Å². The Bertz CT molecular complexity index is 427. The van der Waals surface area contributed by atoms with Crippen molar-refractivity contribution in [3.8, 4) is 0 Å². The summed E-state index contributed by atoms with van der Waals surface area (Å²) in [7, 11) is 0. The van der Waals surface area contributed by atoms with E-state index in [0.717, 1.165) is 45.8 Å². The second-order valence-electron chi connectivity index (χ2n) is 6.24. The Morgan fingerprint density at radius 3 is 2.62 bits per heavy atom. The molecule has 5 heteroatoms. The Morgan fingerprint density at radius 1 is 1.29 bits per heavy atom. The van der Waals surface area contributed by atoms with Crippen molar-refractivity contribution in [3.05, 3.63) is 10.6 Å². The largest absolute Gasteiger partial charge is 0.378 e. The lowest BCUT2D eigenvalue weighted by atomic mass is 10.0. The van der Waals surface area contributed by atoms with Gasteiger partial charge in [0.2, 0.25) is 0 Å². The van der Waals surface area contributed by atoms with Crippen LogP contribution in [0, 0.1) is 5.92 Å². The topological polar surface area (TPSA) is 37.4 Å². The van der Waals surface area contributed by atoms with E-state index in [-0.39, 0.29) is 0 Å². The standard InChI is InChI=1S/C16H29N3OS/c1-5-13(4)15-14(11-17-10-12(2)3)21-16(18-15)19-6-8-20-9-7-19/h12-13,17H,5-11H2,1-4H3. The summed E-state index contributed by atoms with van der Waals surface area (Å²) < 4.78 is 5.44. The van der Waals surface area contributed by atoms with Crippen LogP contribution in [0.4, 0.5) is 5.13 Å². The SMILES string of the molecule is CCC(C)c1nc(N2CCOCC2)sc1CNCC(C)C. The summed E-state index contributed by atoms with van der Waals surface area (Å²) in [4.78, 5) is 8.73. The Kier molecular flexibility index (Phi) is 6.45. The van der Waals surface area contributed by atoms with E-state index in [1.165, 1.54) is 15.7 Å². The zero-order valence-corrected chi connectivity index (χ0v) is 14.6. The molecule has 1 atom stereocenters. The van der Waals surface area contributed by atoms with Crippen LogP contribution in [0.25, 0.3) is 0 Å². The molecule has 1 aromatic rings. The van der Waals surface area contributed by atoms with Crippen LogP contribution in [0.1, 0.15) is 50.6 Å². The fourth-order valence-electron chi connectivity index (χ4n) is 2.42. The molecule has 1 saturated heterocycles. The van der Waals surface area contributed by atoms with Gasteiger partial charge in [0.1, 0.15) is 0 Å². The molecular formula is C16H29N3OS. The quantitative estimate of drug-likeness (QED) is 0.839. The van der Waals surface area contributed by atoms with E-state index in [1.54, 1.807) is 0 Å². The summed E-state index contributed by atoms with van der Waals surface area (Å²) in [5, 5.41) is 4.74. The van der Waals surface area contributed by atoms with E-state index in [0.29, 0.717) is 11.8 Å². The van der Waals surface area contributed by atoms with Gasteiger partial charge in [-0.2, -0.15) is 0 Å². The highest BCUT2D eigenvalue weighted by atomic mass is 32.1. The molecule has 0 aliphatic carbocycles. The van der Waals surface area contributed by atoms with Crippen LogP contribution in [0.5, 0.6) is 0 Å². The fraction of sp³-hybridized carbons (Fsp3) is 0.812. The Morgan fingerprint density at radius 2 is 2.00 bits per heavy atom. The highest BCUT2D eigenvalue weighted by molar-refractivity contribution is 7.15. The monoisotopic (exact) mass is 311 g/mol. The summed E-state index contributed by atoms with van der Waals surface area (Å²) in [5.74, 6) is 1.22. The third-order valence-corrected chi connectivity index (χ3v) is 5.05. The van der Waals surface area contributed by atoms with Crippen molar-refractivity contribution in [2.24, 2.45) is 5.92 Å². The number of rotatable bonds is 7. The lowest BCUT2D eigenvalue weighted by Gasteiger charge is -2.26. The zero-order chi connectivity index (χ0) is 15.2. The maximum Gasteiger partial charge on any atom is 0.185 e. The van der Waals surface area contributed by atoms with Crippen molar-refractivity contribution in [3.63, 3.8) is 0 Å². The normalized spacial score (nSPS) is 17.5. The second-order valence-corrected chi connectivity index (χ2v) is 7.30. The molecule has 1 aromatic heterocycles. The summed E-state index contributed by atoms with van der Waals surface area (Å²) in [6.45, 7) is 14.6. The van der Waals surface area contributed by atoms with Crippen LogP contribution in [0.3, 0.4) is 0 Å². The number of morpholine rings is 1. The van der Waals surface area contributed by atoms with Crippen LogP contribution in [-0.2, 0) is 11.3 Å². The van der Waals surface area contributed by atoms with Gasteiger partial charge in [-0.3, -0.25) is 0 Å². The minimum atomic E-state index is 0.534. The molecule has 21 heavy (non-hydrogen) atoms. The van der Waals surface area contributed by atoms with E-state index >= 15 is 0 Å². The molecule has 0 spiro atoms. The number of hydrogen-bond donors (Lipinski definition) is 1. The lowest BCUT2D eigenvalue weighted by Crippen LogP contribution is -2.36. The molecule has 2 rings (SSSR count). The highest BCUT2D eigenvalue weighted by Gasteiger charge is 2.20. The predicted molar refractivity (Wildman–Crippen MR) is 90.4 cm³/mol. The second kappa shape index (κ2) is 8.11. The number of hydrogen-bond acceptors (Lipinski definition) is 5. The molecule has 0 aromatic carbocycles. The number of nitrogens with one attached hydrogen (secondary N) is 1. The Labute approximate surface area is 132 Å². The molecule has 1 unspecified atom stereocenters. The van der Waals surface area contributed by atoms with Crippen molar-refractivity contribution in [1.29, 1.82) is 0 Å². The molecular weight excluding hydrogens is 282 g/mol. The Balaban J connectivity index is 2.10. The van der Waals surface area contributed by atoms with E-state index in [1.807, 2.05) is 11.3 Å². The highest BCUT2D eigenvalue weighted by Crippen LogP contribution is 2.32. The molecule has 1 N–H and O–H groups in total. The van der Waals surface area contributed by atoms with Gasteiger partial charge in [0.05, 0.1) is 18.9 Å². The first-order valence-corrected chi connectivity index (χ1v) is 8.96.